The normalized spacial score (nSPS) is 11.0. The first-order valence-corrected chi connectivity index (χ1v) is 8.93. The van der Waals surface area contributed by atoms with Gasteiger partial charge in [0.1, 0.15) is 5.15 Å². The number of benzene rings is 1. The van der Waals surface area contributed by atoms with Gasteiger partial charge >= 0.3 is 11.9 Å². The van der Waals surface area contributed by atoms with E-state index in [2.05, 4.69) is 15.2 Å². The average molecular weight is 397 g/mol. The number of carbonyl (C=O) groups is 2. The first-order chi connectivity index (χ1) is 12.3. The van der Waals surface area contributed by atoms with Gasteiger partial charge in [0.2, 0.25) is 5.13 Å². The fraction of sp³-hybridized carbons (Fsp3) is 0.312. The quantitative estimate of drug-likeness (QED) is 0.611. The number of rotatable bonds is 9. The molecule has 0 aliphatic heterocycles. The number of hydrogen-bond donors (Lipinski definition) is 2. The molecule has 0 radical (unpaired) electrons. The van der Waals surface area contributed by atoms with Crippen LogP contribution in [0, 0.1) is 6.92 Å². The molecular weight excluding hydrogens is 380 g/mol. The molecule has 0 unspecified atom stereocenters. The van der Waals surface area contributed by atoms with Crippen LogP contribution in [0.25, 0.3) is 0 Å². The van der Waals surface area contributed by atoms with Crippen molar-refractivity contribution < 1.29 is 19.8 Å². The fourth-order valence-electron chi connectivity index (χ4n) is 2.17. The summed E-state index contributed by atoms with van der Waals surface area (Å²) in [5, 5.41) is 28.4. The Morgan fingerprint density at radius 1 is 1.19 bits per heavy atom. The predicted molar refractivity (Wildman–Crippen MR) is 99.2 cm³/mol. The molecule has 0 fully saturated rings. The van der Waals surface area contributed by atoms with Crippen molar-refractivity contribution in [3.63, 3.8) is 0 Å². The second kappa shape index (κ2) is 9.25. The topological polar surface area (TPSA) is 115 Å². The number of aryl methyl sites for hydroxylation is 1. The van der Waals surface area contributed by atoms with Crippen molar-refractivity contribution in [1.82, 2.24) is 4.98 Å². The van der Waals surface area contributed by atoms with Crippen LogP contribution in [0.2, 0.25) is 5.15 Å². The van der Waals surface area contributed by atoms with Gasteiger partial charge in [0, 0.05) is 24.2 Å². The average Bonchev–Trinajstić information content (AvgIpc) is 2.98. The number of carboxylic acids is 2. The molecule has 10 heteroatoms. The molecule has 0 aliphatic carbocycles. The fourth-order valence-corrected chi connectivity index (χ4v) is 2.93. The summed E-state index contributed by atoms with van der Waals surface area (Å²) in [6.45, 7) is 2.29. The molecular formula is C16H17ClN4O4S. The molecule has 0 aliphatic rings. The molecule has 0 atom stereocenters. The lowest BCUT2D eigenvalue weighted by Crippen LogP contribution is -2.28. The van der Waals surface area contributed by atoms with Crippen molar-refractivity contribution in [3.05, 3.63) is 34.3 Å². The van der Waals surface area contributed by atoms with E-state index in [9.17, 15) is 9.59 Å². The van der Waals surface area contributed by atoms with E-state index in [1.165, 1.54) is 11.3 Å². The van der Waals surface area contributed by atoms with Gasteiger partial charge in [-0.1, -0.05) is 11.6 Å². The standard InChI is InChI=1S/C16H17ClN4O4S/c1-10-8-11(21(6-4-14(22)23)7-5-15(24)25)2-3-12(10)19-20-16-18-13(17)9-26-16/h2-3,8-9H,4-7H2,1H3,(H,22,23)(H,24,25). The molecule has 0 saturated carbocycles. The molecule has 1 aromatic heterocycles. The van der Waals surface area contributed by atoms with Crippen molar-refractivity contribution in [2.75, 3.05) is 18.0 Å². The van der Waals surface area contributed by atoms with Crippen molar-refractivity contribution in [1.29, 1.82) is 0 Å². The summed E-state index contributed by atoms with van der Waals surface area (Å²) < 4.78 is 0. The van der Waals surface area contributed by atoms with Gasteiger partial charge in [-0.15, -0.1) is 21.6 Å². The first-order valence-electron chi connectivity index (χ1n) is 7.67. The molecule has 0 amide bonds. The third-order valence-electron chi connectivity index (χ3n) is 3.44. The van der Waals surface area contributed by atoms with Crippen molar-refractivity contribution in [2.24, 2.45) is 10.2 Å². The number of aromatic nitrogens is 1. The minimum atomic E-state index is -0.936. The Hall–Kier alpha value is -2.52. The van der Waals surface area contributed by atoms with Crippen LogP contribution in [0.15, 0.2) is 33.8 Å². The van der Waals surface area contributed by atoms with E-state index in [1.807, 2.05) is 13.0 Å². The SMILES string of the molecule is Cc1cc(N(CCC(=O)O)CCC(=O)O)ccc1N=Nc1nc(Cl)cs1. The lowest BCUT2D eigenvalue weighted by atomic mass is 10.1. The second-order valence-corrected chi connectivity index (χ2v) is 6.62. The number of azo groups is 1. The molecule has 2 aromatic rings. The molecule has 1 aromatic carbocycles. The van der Waals surface area contributed by atoms with Crippen molar-refractivity contribution in [3.8, 4) is 0 Å². The molecule has 0 bridgehead atoms. The summed E-state index contributed by atoms with van der Waals surface area (Å²) in [6, 6.07) is 5.34. The van der Waals surface area contributed by atoms with E-state index in [4.69, 9.17) is 21.8 Å². The smallest absolute Gasteiger partial charge is 0.305 e. The summed E-state index contributed by atoms with van der Waals surface area (Å²) in [7, 11) is 0. The highest BCUT2D eigenvalue weighted by Crippen LogP contribution is 2.28. The van der Waals surface area contributed by atoms with E-state index in [-0.39, 0.29) is 25.9 Å². The van der Waals surface area contributed by atoms with E-state index >= 15 is 0 Å². The third-order valence-corrected chi connectivity index (χ3v) is 4.49. The van der Waals surface area contributed by atoms with Gasteiger partial charge in [0.25, 0.3) is 0 Å². The second-order valence-electron chi connectivity index (χ2n) is 5.40. The van der Waals surface area contributed by atoms with Gasteiger partial charge in [-0.25, -0.2) is 4.98 Å². The Kier molecular flexibility index (Phi) is 7.05. The summed E-state index contributed by atoms with van der Waals surface area (Å²) in [4.78, 5) is 27.4. The zero-order valence-corrected chi connectivity index (χ0v) is 15.5. The molecule has 0 saturated heterocycles. The number of thiazole rings is 1. The van der Waals surface area contributed by atoms with Gasteiger partial charge in [-0.2, -0.15) is 0 Å². The molecule has 2 rings (SSSR count). The number of hydrogen-bond acceptors (Lipinski definition) is 7. The molecule has 8 nitrogen and oxygen atoms in total. The summed E-state index contributed by atoms with van der Waals surface area (Å²) >= 11 is 7.02. The summed E-state index contributed by atoms with van der Waals surface area (Å²) in [5.41, 5.74) is 2.20. The number of carboxylic acid groups (broad SMARTS) is 2. The van der Waals surface area contributed by atoms with Gasteiger partial charge in [-0.05, 0) is 30.7 Å². The maximum absolute atomic E-state index is 10.8. The van der Waals surface area contributed by atoms with Gasteiger partial charge in [0.15, 0.2) is 0 Å². The maximum Gasteiger partial charge on any atom is 0.305 e. The van der Waals surface area contributed by atoms with E-state index in [1.54, 1.807) is 22.4 Å². The third kappa shape index (κ3) is 6.08. The number of nitrogens with zero attached hydrogens (tertiary/aromatic N) is 4. The molecule has 1 heterocycles. The van der Waals surface area contributed by atoms with Gasteiger partial charge < -0.3 is 15.1 Å². The predicted octanol–water partition coefficient (Wildman–Crippen LogP) is 4.28. The first kappa shape index (κ1) is 19.8. The zero-order chi connectivity index (χ0) is 19.1. The number of anilines is 1. The molecule has 26 heavy (non-hydrogen) atoms. The maximum atomic E-state index is 10.8. The van der Waals surface area contributed by atoms with Crippen LogP contribution in [0.3, 0.4) is 0 Å². The Morgan fingerprint density at radius 2 is 1.85 bits per heavy atom. The minimum Gasteiger partial charge on any atom is -0.481 e. The molecule has 138 valence electrons. The number of halogens is 1. The Labute approximate surface area is 158 Å². The van der Waals surface area contributed by atoms with Crippen molar-refractivity contribution >= 4 is 51.4 Å². The lowest BCUT2D eigenvalue weighted by molar-refractivity contribution is -0.137. The van der Waals surface area contributed by atoms with E-state index in [0.29, 0.717) is 16.0 Å². The molecule has 2 N–H and O–H groups in total. The zero-order valence-electron chi connectivity index (χ0n) is 13.9. The minimum absolute atomic E-state index is 0.0784. The van der Waals surface area contributed by atoms with Crippen LogP contribution in [0.4, 0.5) is 16.5 Å². The highest BCUT2D eigenvalue weighted by atomic mass is 35.5. The van der Waals surface area contributed by atoms with Crippen LogP contribution in [0.5, 0.6) is 0 Å². The highest BCUT2D eigenvalue weighted by molar-refractivity contribution is 7.13. The van der Waals surface area contributed by atoms with Crippen LogP contribution in [0.1, 0.15) is 18.4 Å². The summed E-state index contributed by atoms with van der Waals surface area (Å²) in [6.07, 6.45) is -0.157. The largest absolute Gasteiger partial charge is 0.481 e. The van der Waals surface area contributed by atoms with Crippen LogP contribution in [-0.2, 0) is 9.59 Å². The Bertz CT molecular complexity index is 806. The Balaban J connectivity index is 2.16. The van der Waals surface area contributed by atoms with Gasteiger partial charge in [0.05, 0.1) is 18.5 Å². The monoisotopic (exact) mass is 396 g/mol. The Morgan fingerprint density at radius 3 is 2.35 bits per heavy atom. The van der Waals surface area contributed by atoms with Crippen LogP contribution in [-0.4, -0.2) is 40.2 Å². The van der Waals surface area contributed by atoms with Crippen LogP contribution >= 0.6 is 22.9 Å². The number of aliphatic carboxylic acids is 2. The summed E-state index contributed by atoms with van der Waals surface area (Å²) in [5.74, 6) is -1.87. The highest BCUT2D eigenvalue weighted by Gasteiger charge is 2.12. The van der Waals surface area contributed by atoms with Gasteiger partial charge in [-0.3, -0.25) is 9.59 Å². The molecule has 0 spiro atoms. The van der Waals surface area contributed by atoms with E-state index < -0.39 is 11.9 Å². The lowest BCUT2D eigenvalue weighted by Gasteiger charge is -2.24. The van der Waals surface area contributed by atoms with E-state index in [0.717, 1.165) is 11.3 Å². The van der Waals surface area contributed by atoms with Crippen LogP contribution < -0.4 is 4.90 Å². The van der Waals surface area contributed by atoms with Crippen molar-refractivity contribution in [2.45, 2.75) is 19.8 Å².